The zero-order valence-corrected chi connectivity index (χ0v) is 45.1. The Labute approximate surface area is 459 Å². The Morgan fingerprint density at radius 3 is 2.17 bits per heavy atom. The molecule has 8 aliphatic rings. The molecule has 12 rings (SSSR count). The third-order valence-corrected chi connectivity index (χ3v) is 16.6. The van der Waals surface area contributed by atoms with Crippen LogP contribution in [0.2, 0.25) is 10.0 Å². The van der Waals surface area contributed by atoms with Crippen LogP contribution >= 0.6 is 23.2 Å². The molecule has 10 heterocycles. The average Bonchev–Trinajstić information content (AvgIpc) is 4.13. The fourth-order valence-corrected chi connectivity index (χ4v) is 12.0. The molecule has 0 bridgehead atoms. The summed E-state index contributed by atoms with van der Waals surface area (Å²) in [5.74, 6) is -1.01. The molecule has 6 amide bonds. The number of hydrogen-bond acceptors (Lipinski definition) is 17. The van der Waals surface area contributed by atoms with E-state index in [1.165, 1.54) is 32.4 Å². The topological polar surface area (TPSA) is 258 Å². The number of carbonyl (C=O) groups excluding carboxylic acids is 7. The summed E-state index contributed by atoms with van der Waals surface area (Å²) in [7, 11) is 0. The monoisotopic (exact) mass is 1110 g/mol. The van der Waals surface area contributed by atoms with Crippen molar-refractivity contribution in [3.8, 4) is 17.1 Å². The first-order chi connectivity index (χ1) is 37.4. The summed E-state index contributed by atoms with van der Waals surface area (Å²) in [4.78, 5) is 114. The largest absolute Gasteiger partial charge is 0.458 e. The van der Waals surface area contributed by atoms with E-state index < -0.39 is 11.6 Å². The number of imide groups is 2. The molecule has 0 spiro atoms. The Morgan fingerprint density at radius 1 is 0.808 bits per heavy atom. The molecule has 24 heteroatoms. The van der Waals surface area contributed by atoms with Crippen molar-refractivity contribution in [3.05, 3.63) is 84.6 Å². The number of aryl methyl sites for hydroxylation is 1. The van der Waals surface area contributed by atoms with Crippen molar-refractivity contribution in [2.45, 2.75) is 103 Å². The van der Waals surface area contributed by atoms with Crippen LogP contribution in [0.1, 0.15) is 87.1 Å². The predicted molar refractivity (Wildman–Crippen MR) is 286 cm³/mol. The lowest BCUT2D eigenvalue weighted by atomic mass is 9.86. The van der Waals surface area contributed by atoms with Crippen LogP contribution in [0.4, 0.5) is 10.5 Å². The second kappa shape index (κ2) is 22.5. The molecule has 2 atom stereocenters. The molecule has 5 fully saturated rings. The second-order valence-electron chi connectivity index (χ2n) is 20.8. The number of aromatic nitrogens is 2. The Balaban J connectivity index is 0.000000160. The number of pyridine rings is 2. The second-order valence-corrected chi connectivity index (χ2v) is 21.6. The molecular weight excluding hydrogens is 1050 g/mol. The molecule has 8 aliphatic heterocycles. The molecule has 0 radical (unpaired) electrons. The van der Waals surface area contributed by atoms with Crippen LogP contribution in [-0.2, 0) is 65.2 Å². The van der Waals surface area contributed by atoms with Gasteiger partial charge in [0.25, 0.3) is 5.56 Å². The summed E-state index contributed by atoms with van der Waals surface area (Å²) in [6.45, 7) is 11.5. The Morgan fingerprint density at radius 2 is 1.49 bits per heavy atom. The standard InChI is InChI=1S/C33H38N4O6.C11H16N4O4.C10H7Cl2N3O/c1-3-22-23-16-21(43-32(40)36-14-10-20(11-15-36)35-12-6-5-7-13-35)8-9-27(23)34-29-24(22)18-37-28(29)17-26-25(30(37)38)19-42-31(39)33(26,41)4-2;1-7(15-5-10(18)13-11(19)6-15)2-14-3-8(16)12-9(17)4-14;11-6-1-2-7-5(9(6)12)3-15-4-8(16)14-10(15)13-7/h8-9,16-17,20,41H,3-7,10-15,18-19H2,1-2H3;7H,2-6H2,1H3,(H,12,16,17)(H,13,18,19);1-2H,3-4H2,(H,13,14,16)/t33-;7-;/m00./s1. The maximum absolute atomic E-state index is 13.6. The number of fused-ring (bicyclic) bond motifs is 7. The van der Waals surface area contributed by atoms with Crippen molar-refractivity contribution in [2.75, 3.05) is 65.4 Å². The number of hydrogen-bond donors (Lipinski definition) is 4. The number of carbonyl (C=O) groups is 7. The number of esters is 1. The van der Waals surface area contributed by atoms with Crippen molar-refractivity contribution in [1.82, 2.24) is 50.0 Å². The lowest BCUT2D eigenvalue weighted by Gasteiger charge is -2.39. The van der Waals surface area contributed by atoms with Gasteiger partial charge in [-0.3, -0.25) is 54.5 Å². The van der Waals surface area contributed by atoms with Crippen molar-refractivity contribution in [1.29, 1.82) is 0 Å². The van der Waals surface area contributed by atoms with E-state index in [0.29, 0.717) is 96.0 Å². The molecule has 0 saturated carbocycles. The number of aliphatic hydroxyl groups is 1. The number of guanidine groups is 1. The Hall–Kier alpha value is -6.82. The minimum Gasteiger partial charge on any atom is -0.458 e. The van der Waals surface area contributed by atoms with Gasteiger partial charge in [-0.05, 0) is 100 Å². The maximum Gasteiger partial charge on any atom is 0.415 e. The van der Waals surface area contributed by atoms with Crippen LogP contribution in [0.25, 0.3) is 22.3 Å². The number of piperazine rings is 2. The van der Waals surface area contributed by atoms with Gasteiger partial charge in [-0.15, -0.1) is 0 Å². The van der Waals surface area contributed by atoms with Crippen LogP contribution in [0, 0.1) is 0 Å². The number of rotatable bonds is 7. The van der Waals surface area contributed by atoms with Crippen LogP contribution in [-0.4, -0.2) is 164 Å². The molecule has 412 valence electrons. The maximum atomic E-state index is 13.6. The summed E-state index contributed by atoms with van der Waals surface area (Å²) >= 11 is 12.0. The number of aliphatic imine (C=N–C) groups is 1. The van der Waals surface area contributed by atoms with Gasteiger partial charge in [0.1, 0.15) is 18.9 Å². The molecule has 78 heavy (non-hydrogen) atoms. The Kier molecular flexibility index (Phi) is 15.7. The molecule has 4 N–H and O–H groups in total. The summed E-state index contributed by atoms with van der Waals surface area (Å²) in [6, 6.07) is 11.2. The number of likely N-dealkylation sites (tertiary alicyclic amines) is 2. The number of amides is 6. The quantitative estimate of drug-likeness (QED) is 0.135. The van der Waals surface area contributed by atoms with Gasteiger partial charge in [-0.2, -0.15) is 0 Å². The predicted octanol–water partition coefficient (Wildman–Crippen LogP) is 3.31. The molecule has 0 unspecified atom stereocenters. The smallest absolute Gasteiger partial charge is 0.415 e. The Bertz CT molecular complexity index is 3210. The van der Waals surface area contributed by atoms with Gasteiger partial charge in [0.2, 0.25) is 35.5 Å². The SMILES string of the molecule is CCc1c2c(nc3ccc(OC(=O)N4CCC(N5CCCCC5)CC4)cc13)-c1cc3c(c(=O)n1C2)COC(=O)[C@]3(O)CC.C[C@@H](CN1CC(=O)NC(=O)C1)N1CC(=O)NC(=O)C1.O=C1CN2Cc3c(ccc(Cl)c3Cl)N=C2N1. The van der Waals surface area contributed by atoms with E-state index in [4.69, 9.17) is 37.7 Å². The van der Waals surface area contributed by atoms with Gasteiger partial charge in [-0.25, -0.2) is 19.6 Å². The van der Waals surface area contributed by atoms with Crippen molar-refractivity contribution >= 4 is 87.4 Å². The zero-order valence-electron chi connectivity index (χ0n) is 43.6. The van der Waals surface area contributed by atoms with E-state index in [0.717, 1.165) is 46.1 Å². The van der Waals surface area contributed by atoms with Crippen molar-refractivity contribution in [3.63, 3.8) is 0 Å². The van der Waals surface area contributed by atoms with Gasteiger partial charge in [-0.1, -0.05) is 43.5 Å². The van der Waals surface area contributed by atoms with E-state index in [1.807, 2.05) is 28.9 Å². The van der Waals surface area contributed by atoms with E-state index in [2.05, 4.69) is 32.8 Å². The number of piperidine rings is 2. The fourth-order valence-electron chi connectivity index (χ4n) is 11.6. The number of nitrogens with one attached hydrogen (secondary N) is 3. The van der Waals surface area contributed by atoms with Gasteiger partial charge in [0.15, 0.2) is 5.60 Å². The average molecular weight is 1110 g/mol. The first kappa shape index (κ1) is 54.5. The summed E-state index contributed by atoms with van der Waals surface area (Å²) < 4.78 is 12.7. The highest BCUT2D eigenvalue weighted by Crippen LogP contribution is 2.41. The molecule has 0 aliphatic carbocycles. The number of cyclic esters (lactones) is 1. The minimum absolute atomic E-state index is 0.0474. The minimum atomic E-state index is -1.86. The third kappa shape index (κ3) is 11.0. The van der Waals surface area contributed by atoms with Crippen LogP contribution in [0.15, 0.2) is 46.2 Å². The van der Waals surface area contributed by atoms with Gasteiger partial charge < -0.3 is 33.8 Å². The molecule has 2 aromatic heterocycles. The highest BCUT2D eigenvalue weighted by Gasteiger charge is 2.46. The van der Waals surface area contributed by atoms with Gasteiger partial charge in [0, 0.05) is 53.8 Å². The summed E-state index contributed by atoms with van der Waals surface area (Å²) in [5, 5.41) is 20.2. The molecule has 4 aromatic rings. The van der Waals surface area contributed by atoms with E-state index in [1.54, 1.807) is 45.6 Å². The van der Waals surface area contributed by atoms with E-state index in [-0.39, 0.29) is 86.4 Å². The van der Waals surface area contributed by atoms with Crippen molar-refractivity contribution in [2.24, 2.45) is 4.99 Å². The number of nitrogens with zero attached hydrogens (tertiary/aromatic N) is 8. The van der Waals surface area contributed by atoms with Crippen LogP contribution in [0.3, 0.4) is 0 Å². The lowest BCUT2D eigenvalue weighted by molar-refractivity contribution is -0.172. The van der Waals surface area contributed by atoms with Crippen molar-refractivity contribution < 1.29 is 48.1 Å². The first-order valence-corrected chi connectivity index (χ1v) is 27.2. The van der Waals surface area contributed by atoms with Crippen LogP contribution < -0.4 is 26.2 Å². The molecule has 2 aromatic carbocycles. The lowest BCUT2D eigenvalue weighted by Crippen LogP contribution is -2.58. The molecule has 5 saturated heterocycles. The normalized spacial score (nSPS) is 21.7. The fraction of sp³-hybridized carbons (Fsp3) is 0.481. The first-order valence-electron chi connectivity index (χ1n) is 26.5. The third-order valence-electron chi connectivity index (χ3n) is 15.7. The molecule has 22 nitrogen and oxygen atoms in total. The highest BCUT2D eigenvalue weighted by molar-refractivity contribution is 6.42. The van der Waals surface area contributed by atoms with Gasteiger partial charge in [0.05, 0.1) is 77.5 Å². The molecular formula is C54H61Cl2N11O11. The van der Waals surface area contributed by atoms with E-state index in [9.17, 15) is 43.5 Å². The summed E-state index contributed by atoms with van der Waals surface area (Å²) in [6.07, 6.45) is 6.26. The highest BCUT2D eigenvalue weighted by atomic mass is 35.5. The summed E-state index contributed by atoms with van der Waals surface area (Å²) in [5.41, 5.74) is 4.02. The van der Waals surface area contributed by atoms with E-state index >= 15 is 0 Å². The zero-order chi connectivity index (χ0) is 55.2. The van der Waals surface area contributed by atoms with Crippen LogP contribution in [0.5, 0.6) is 5.75 Å². The number of benzene rings is 2. The number of ether oxygens (including phenoxy) is 2. The van der Waals surface area contributed by atoms with Gasteiger partial charge >= 0.3 is 12.1 Å². The number of halogens is 2.